The molecule has 0 atom stereocenters. The fraction of sp³-hybridized carbons (Fsp3) is 0.0556. The normalized spacial score (nSPS) is 10.1. The molecule has 0 aliphatic heterocycles. The first-order valence-corrected chi connectivity index (χ1v) is 8.99. The summed E-state index contributed by atoms with van der Waals surface area (Å²) in [5.74, 6) is -0.0834. The van der Waals surface area contributed by atoms with Crippen LogP contribution in [0.15, 0.2) is 59.3 Å². The van der Waals surface area contributed by atoms with Gasteiger partial charge in [0.15, 0.2) is 0 Å². The summed E-state index contributed by atoms with van der Waals surface area (Å²) in [5.41, 5.74) is 5.39. The molecule has 0 radical (unpaired) electrons. The number of hydrazine groups is 1. The zero-order chi connectivity index (χ0) is 20.8. The molecule has 0 saturated carbocycles. The number of benzene rings is 2. The summed E-state index contributed by atoms with van der Waals surface area (Å²) < 4.78 is 5.84. The van der Waals surface area contributed by atoms with Crippen molar-refractivity contribution in [1.82, 2.24) is 15.4 Å². The number of methoxy groups -OCH3 is 1. The van der Waals surface area contributed by atoms with Gasteiger partial charge in [0.2, 0.25) is 11.6 Å². The molecule has 1 aromatic heterocycles. The van der Waals surface area contributed by atoms with Gasteiger partial charge >= 0.3 is 5.69 Å². The first-order valence-electron chi connectivity index (χ1n) is 8.20. The van der Waals surface area contributed by atoms with Gasteiger partial charge in [0.25, 0.3) is 5.91 Å². The number of nitrogens with one attached hydrogen (secondary N) is 3. The van der Waals surface area contributed by atoms with Crippen LogP contribution >= 0.6 is 15.9 Å². The van der Waals surface area contributed by atoms with E-state index in [0.29, 0.717) is 17.0 Å². The third kappa shape index (κ3) is 4.96. The van der Waals surface area contributed by atoms with Crippen LogP contribution in [-0.4, -0.2) is 27.9 Å². The molecular formula is C18H15BrN6O4. The molecule has 2 aromatic carbocycles. The molecule has 0 unspecified atom stereocenters. The van der Waals surface area contributed by atoms with Crippen molar-refractivity contribution < 1.29 is 14.5 Å². The average Bonchev–Trinajstić information content (AvgIpc) is 2.72. The number of hydrogen-bond donors (Lipinski definition) is 3. The number of nitro groups is 1. The molecule has 11 heteroatoms. The Bertz CT molecular complexity index is 1040. The van der Waals surface area contributed by atoms with E-state index < -0.39 is 16.5 Å². The predicted octanol–water partition coefficient (Wildman–Crippen LogP) is 3.66. The van der Waals surface area contributed by atoms with Crippen molar-refractivity contribution in [2.75, 3.05) is 17.9 Å². The highest BCUT2D eigenvalue weighted by Gasteiger charge is 2.23. The number of amides is 1. The number of aromatic nitrogens is 2. The molecule has 1 heterocycles. The van der Waals surface area contributed by atoms with E-state index in [9.17, 15) is 14.9 Å². The molecular weight excluding hydrogens is 444 g/mol. The van der Waals surface area contributed by atoms with Gasteiger partial charge in [0.1, 0.15) is 12.1 Å². The molecule has 0 fully saturated rings. The molecule has 3 aromatic rings. The standard InChI is InChI=1S/C18H15BrN6O4/c1-29-14-7-5-11(6-8-14)18(26)24-23-17-15(25(27)28)16(20-10-21-17)22-13-4-2-3-12(19)9-13/h2-10H,1H3,(H,24,26)(H2,20,21,22,23). The maximum atomic E-state index is 12.3. The molecule has 3 rings (SSSR count). The summed E-state index contributed by atoms with van der Waals surface area (Å²) in [5, 5.41) is 14.5. The minimum Gasteiger partial charge on any atom is -0.497 e. The second kappa shape index (κ2) is 8.97. The lowest BCUT2D eigenvalue weighted by Crippen LogP contribution is -2.30. The molecule has 0 spiro atoms. The van der Waals surface area contributed by atoms with Crippen LogP contribution in [0.4, 0.5) is 23.0 Å². The highest BCUT2D eigenvalue weighted by Crippen LogP contribution is 2.31. The zero-order valence-corrected chi connectivity index (χ0v) is 16.6. The van der Waals surface area contributed by atoms with Crippen LogP contribution in [0.3, 0.4) is 0 Å². The summed E-state index contributed by atoms with van der Waals surface area (Å²) in [7, 11) is 1.52. The molecule has 3 N–H and O–H groups in total. The van der Waals surface area contributed by atoms with Gasteiger partial charge in [0, 0.05) is 15.7 Å². The van der Waals surface area contributed by atoms with E-state index in [1.807, 2.05) is 6.07 Å². The Hall–Kier alpha value is -3.73. The predicted molar refractivity (Wildman–Crippen MR) is 110 cm³/mol. The molecule has 0 aliphatic rings. The van der Waals surface area contributed by atoms with Gasteiger partial charge < -0.3 is 10.1 Å². The molecule has 0 aliphatic carbocycles. The maximum Gasteiger partial charge on any atom is 0.355 e. The number of anilines is 3. The summed E-state index contributed by atoms with van der Waals surface area (Å²) in [4.78, 5) is 31.0. The maximum absolute atomic E-state index is 12.3. The van der Waals surface area contributed by atoms with Crippen LogP contribution in [0, 0.1) is 10.1 Å². The van der Waals surface area contributed by atoms with Gasteiger partial charge in [-0.1, -0.05) is 22.0 Å². The van der Waals surface area contributed by atoms with Crippen molar-refractivity contribution in [3.63, 3.8) is 0 Å². The number of nitrogens with zero attached hydrogens (tertiary/aromatic N) is 3. The molecule has 0 saturated heterocycles. The fourth-order valence-electron chi connectivity index (χ4n) is 2.37. The third-order valence-corrected chi connectivity index (χ3v) is 4.23. The average molecular weight is 459 g/mol. The van der Waals surface area contributed by atoms with Gasteiger partial charge in [-0.2, -0.15) is 0 Å². The van der Waals surface area contributed by atoms with Crippen molar-refractivity contribution in [3.8, 4) is 5.75 Å². The number of halogens is 1. The van der Waals surface area contributed by atoms with Gasteiger partial charge in [0.05, 0.1) is 12.0 Å². The Labute approximate surface area is 173 Å². The number of carbonyl (C=O) groups is 1. The van der Waals surface area contributed by atoms with Crippen molar-refractivity contribution >= 4 is 44.8 Å². The molecule has 148 valence electrons. The summed E-state index contributed by atoms with van der Waals surface area (Å²) in [6.45, 7) is 0. The number of rotatable bonds is 7. The van der Waals surface area contributed by atoms with E-state index in [0.717, 1.165) is 10.8 Å². The Kier molecular flexibility index (Phi) is 6.19. The molecule has 10 nitrogen and oxygen atoms in total. The lowest BCUT2D eigenvalue weighted by Gasteiger charge is -2.11. The van der Waals surface area contributed by atoms with Gasteiger partial charge in [-0.3, -0.25) is 25.8 Å². The third-order valence-electron chi connectivity index (χ3n) is 3.74. The second-order valence-corrected chi connectivity index (χ2v) is 6.54. The van der Waals surface area contributed by atoms with Crippen LogP contribution < -0.4 is 20.9 Å². The highest BCUT2D eigenvalue weighted by molar-refractivity contribution is 9.10. The van der Waals surface area contributed by atoms with Crippen LogP contribution in [-0.2, 0) is 0 Å². The van der Waals surface area contributed by atoms with Crippen LogP contribution in [0.5, 0.6) is 5.75 Å². The van der Waals surface area contributed by atoms with E-state index in [-0.39, 0.29) is 11.6 Å². The van der Waals surface area contributed by atoms with Crippen molar-refractivity contribution in [2.24, 2.45) is 0 Å². The quantitative estimate of drug-likeness (QED) is 0.361. The summed E-state index contributed by atoms with van der Waals surface area (Å²) >= 11 is 3.34. The van der Waals surface area contributed by atoms with E-state index in [1.165, 1.54) is 7.11 Å². The van der Waals surface area contributed by atoms with E-state index in [1.54, 1.807) is 42.5 Å². The largest absolute Gasteiger partial charge is 0.497 e. The van der Waals surface area contributed by atoms with Crippen LogP contribution in [0.1, 0.15) is 10.4 Å². The summed E-state index contributed by atoms with van der Waals surface area (Å²) in [6.07, 6.45) is 1.15. The van der Waals surface area contributed by atoms with E-state index >= 15 is 0 Å². The lowest BCUT2D eigenvalue weighted by molar-refractivity contribution is -0.383. The lowest BCUT2D eigenvalue weighted by atomic mass is 10.2. The Morgan fingerprint density at radius 1 is 1.14 bits per heavy atom. The van der Waals surface area contributed by atoms with Crippen molar-refractivity contribution in [2.45, 2.75) is 0 Å². The molecule has 1 amide bonds. The van der Waals surface area contributed by atoms with E-state index in [4.69, 9.17) is 4.74 Å². The second-order valence-electron chi connectivity index (χ2n) is 5.62. The Morgan fingerprint density at radius 2 is 1.86 bits per heavy atom. The smallest absolute Gasteiger partial charge is 0.355 e. The van der Waals surface area contributed by atoms with Crippen molar-refractivity contribution in [3.05, 3.63) is 75.0 Å². The number of ether oxygens (including phenoxy) is 1. The van der Waals surface area contributed by atoms with E-state index in [2.05, 4.69) is 42.1 Å². The Morgan fingerprint density at radius 3 is 2.52 bits per heavy atom. The van der Waals surface area contributed by atoms with Crippen molar-refractivity contribution in [1.29, 1.82) is 0 Å². The number of carbonyl (C=O) groups excluding carboxylic acids is 1. The zero-order valence-electron chi connectivity index (χ0n) is 15.0. The fourth-order valence-corrected chi connectivity index (χ4v) is 2.77. The monoisotopic (exact) mass is 458 g/mol. The molecule has 0 bridgehead atoms. The molecule has 29 heavy (non-hydrogen) atoms. The first kappa shape index (κ1) is 20.0. The minimum atomic E-state index is -0.637. The van der Waals surface area contributed by atoms with Gasteiger partial charge in [-0.25, -0.2) is 9.97 Å². The van der Waals surface area contributed by atoms with Crippen LogP contribution in [0.2, 0.25) is 0 Å². The Balaban J connectivity index is 1.79. The first-order chi connectivity index (χ1) is 14.0. The minimum absolute atomic E-state index is 0.0238. The summed E-state index contributed by atoms with van der Waals surface area (Å²) in [6, 6.07) is 13.4. The number of hydrogen-bond acceptors (Lipinski definition) is 8. The topological polar surface area (TPSA) is 131 Å². The van der Waals surface area contributed by atoms with Gasteiger partial charge in [-0.05, 0) is 42.5 Å². The van der Waals surface area contributed by atoms with Crippen LogP contribution in [0.25, 0.3) is 0 Å². The SMILES string of the molecule is COc1ccc(C(=O)NNc2ncnc(Nc3cccc(Br)c3)c2[N+](=O)[O-])cc1. The van der Waals surface area contributed by atoms with Gasteiger partial charge in [-0.15, -0.1) is 0 Å². The highest BCUT2D eigenvalue weighted by atomic mass is 79.9.